The van der Waals surface area contributed by atoms with Crippen molar-refractivity contribution in [2.45, 2.75) is 24.1 Å². The van der Waals surface area contributed by atoms with E-state index in [1.807, 2.05) is 25.1 Å². The molecule has 0 aliphatic rings. The van der Waals surface area contributed by atoms with Crippen LogP contribution in [0, 0.1) is 6.92 Å². The Morgan fingerprint density at radius 1 is 1.50 bits per heavy atom. The molecule has 6 heteroatoms. The molecule has 0 unspecified atom stereocenters. The fourth-order valence-corrected chi connectivity index (χ4v) is 2.11. The third-order valence-electron chi connectivity index (χ3n) is 2.18. The van der Waals surface area contributed by atoms with Crippen molar-refractivity contribution < 1.29 is 9.32 Å². The predicted octanol–water partition coefficient (Wildman–Crippen LogP) is 2.50. The molecule has 0 spiro atoms. The highest BCUT2D eigenvalue weighted by atomic mass is 32.2. The lowest BCUT2D eigenvalue weighted by atomic mass is 10.4. The molecular weight excluding hydrogens is 250 g/mol. The smallest absolute Gasteiger partial charge is 0.238 e. The largest absolute Gasteiger partial charge is 0.360 e. The minimum atomic E-state index is -0.253. The lowest BCUT2D eigenvalue weighted by Crippen LogP contribution is -2.22. The Labute approximate surface area is 109 Å². The number of pyridine rings is 1. The first kappa shape index (κ1) is 12.6. The van der Waals surface area contributed by atoms with Crippen LogP contribution in [0.25, 0.3) is 0 Å². The van der Waals surface area contributed by atoms with Crippen molar-refractivity contribution in [3.63, 3.8) is 0 Å². The number of amides is 1. The number of aromatic nitrogens is 2. The average Bonchev–Trinajstić information content (AvgIpc) is 2.76. The second-order valence-corrected chi connectivity index (χ2v) is 5.10. The van der Waals surface area contributed by atoms with Gasteiger partial charge in [-0.05, 0) is 26.0 Å². The summed E-state index contributed by atoms with van der Waals surface area (Å²) in [6.07, 6.45) is 1.70. The zero-order valence-electron chi connectivity index (χ0n) is 10.1. The van der Waals surface area contributed by atoms with Gasteiger partial charge in [0, 0.05) is 12.3 Å². The van der Waals surface area contributed by atoms with Crippen LogP contribution in [0.4, 0.5) is 5.82 Å². The van der Waals surface area contributed by atoms with E-state index < -0.39 is 0 Å². The highest BCUT2D eigenvalue weighted by Gasteiger charge is 2.16. The number of thioether (sulfide) groups is 1. The average molecular weight is 263 g/mol. The monoisotopic (exact) mass is 263 g/mol. The van der Waals surface area contributed by atoms with E-state index in [0.717, 1.165) is 5.03 Å². The van der Waals surface area contributed by atoms with Crippen molar-refractivity contribution in [2.75, 3.05) is 5.32 Å². The fraction of sp³-hybridized carbons (Fsp3) is 0.250. The van der Waals surface area contributed by atoms with E-state index in [9.17, 15) is 4.79 Å². The van der Waals surface area contributed by atoms with Crippen LogP contribution < -0.4 is 5.32 Å². The van der Waals surface area contributed by atoms with Gasteiger partial charge in [-0.2, -0.15) is 0 Å². The summed E-state index contributed by atoms with van der Waals surface area (Å²) in [4.78, 5) is 16.0. The van der Waals surface area contributed by atoms with Crippen molar-refractivity contribution in [1.82, 2.24) is 10.1 Å². The molecule has 94 valence electrons. The summed E-state index contributed by atoms with van der Waals surface area (Å²) in [5, 5.41) is 6.97. The molecule has 0 radical (unpaired) electrons. The molecule has 18 heavy (non-hydrogen) atoms. The molecule has 2 rings (SSSR count). The van der Waals surface area contributed by atoms with Gasteiger partial charge < -0.3 is 9.84 Å². The molecule has 2 aromatic heterocycles. The number of carbonyl (C=O) groups is 1. The van der Waals surface area contributed by atoms with Crippen LogP contribution in [0.1, 0.15) is 12.7 Å². The summed E-state index contributed by atoms with van der Waals surface area (Å²) < 4.78 is 4.88. The molecule has 0 bridgehead atoms. The summed E-state index contributed by atoms with van der Waals surface area (Å²) in [6, 6.07) is 7.28. The van der Waals surface area contributed by atoms with E-state index in [1.165, 1.54) is 11.8 Å². The minimum absolute atomic E-state index is 0.126. The van der Waals surface area contributed by atoms with Gasteiger partial charge in [0.1, 0.15) is 5.76 Å². The summed E-state index contributed by atoms with van der Waals surface area (Å²) in [7, 11) is 0. The van der Waals surface area contributed by atoms with Gasteiger partial charge in [0.15, 0.2) is 5.82 Å². The number of anilines is 1. The van der Waals surface area contributed by atoms with Gasteiger partial charge >= 0.3 is 0 Å². The van der Waals surface area contributed by atoms with Crippen LogP contribution in [0.5, 0.6) is 0 Å². The zero-order chi connectivity index (χ0) is 13.0. The molecular formula is C12H13N3O2S. The number of hydrogen-bond acceptors (Lipinski definition) is 5. The Hall–Kier alpha value is -1.82. The van der Waals surface area contributed by atoms with Crippen molar-refractivity contribution >= 4 is 23.5 Å². The molecule has 0 fully saturated rings. The minimum Gasteiger partial charge on any atom is -0.360 e. The molecule has 2 heterocycles. The summed E-state index contributed by atoms with van der Waals surface area (Å²) in [5.74, 6) is 0.972. The molecule has 0 saturated heterocycles. The van der Waals surface area contributed by atoms with E-state index >= 15 is 0 Å². The molecule has 0 saturated carbocycles. The lowest BCUT2D eigenvalue weighted by molar-refractivity contribution is -0.115. The van der Waals surface area contributed by atoms with Gasteiger partial charge in [0.2, 0.25) is 5.91 Å². The van der Waals surface area contributed by atoms with E-state index in [-0.39, 0.29) is 11.2 Å². The number of hydrogen-bond donors (Lipinski definition) is 1. The third-order valence-corrected chi connectivity index (χ3v) is 3.23. The molecule has 0 aliphatic heterocycles. The van der Waals surface area contributed by atoms with Gasteiger partial charge in [-0.25, -0.2) is 4.98 Å². The Morgan fingerprint density at radius 2 is 2.33 bits per heavy atom. The van der Waals surface area contributed by atoms with E-state index in [4.69, 9.17) is 4.52 Å². The molecule has 2 aromatic rings. The van der Waals surface area contributed by atoms with Crippen LogP contribution in [-0.4, -0.2) is 21.3 Å². The Morgan fingerprint density at radius 3 is 2.94 bits per heavy atom. The molecule has 0 aliphatic carbocycles. The normalized spacial score (nSPS) is 12.1. The first-order chi connectivity index (χ1) is 8.65. The van der Waals surface area contributed by atoms with E-state index in [2.05, 4.69) is 15.5 Å². The first-order valence-corrected chi connectivity index (χ1v) is 6.35. The van der Waals surface area contributed by atoms with Gasteiger partial charge in [-0.3, -0.25) is 4.79 Å². The Kier molecular flexibility index (Phi) is 3.99. The number of rotatable bonds is 4. The number of nitrogens with zero attached hydrogens (tertiary/aromatic N) is 2. The second-order valence-electron chi connectivity index (χ2n) is 3.74. The zero-order valence-corrected chi connectivity index (χ0v) is 10.9. The fourth-order valence-electron chi connectivity index (χ4n) is 1.30. The van der Waals surface area contributed by atoms with Crippen LogP contribution >= 0.6 is 11.8 Å². The maximum atomic E-state index is 11.9. The van der Waals surface area contributed by atoms with Crippen molar-refractivity contribution in [3.8, 4) is 0 Å². The second kappa shape index (κ2) is 5.68. The van der Waals surface area contributed by atoms with Gasteiger partial charge in [0.05, 0.1) is 10.3 Å². The maximum absolute atomic E-state index is 11.9. The predicted molar refractivity (Wildman–Crippen MR) is 69.4 cm³/mol. The van der Waals surface area contributed by atoms with Gasteiger partial charge in [-0.1, -0.05) is 23.0 Å². The molecule has 5 nitrogen and oxygen atoms in total. The number of aryl methyl sites for hydroxylation is 1. The molecule has 0 aromatic carbocycles. The van der Waals surface area contributed by atoms with Gasteiger partial charge in [0.25, 0.3) is 0 Å². The summed E-state index contributed by atoms with van der Waals surface area (Å²) in [5.41, 5.74) is 0. The van der Waals surface area contributed by atoms with E-state index in [1.54, 1.807) is 19.2 Å². The van der Waals surface area contributed by atoms with Crippen molar-refractivity contribution in [2.24, 2.45) is 0 Å². The van der Waals surface area contributed by atoms with Crippen molar-refractivity contribution in [3.05, 3.63) is 36.2 Å². The summed E-state index contributed by atoms with van der Waals surface area (Å²) in [6.45, 7) is 3.59. The number of carbonyl (C=O) groups excluding carboxylic acids is 1. The molecule has 1 atom stereocenters. The van der Waals surface area contributed by atoms with Gasteiger partial charge in [-0.15, -0.1) is 0 Å². The standard InChI is InChI=1S/C12H13N3O2S/c1-8-7-10(15-17-8)14-12(16)9(2)18-11-5-3-4-6-13-11/h3-7,9H,1-2H3,(H,14,15,16)/t9-/m1/s1. The maximum Gasteiger partial charge on any atom is 0.238 e. The molecule has 1 N–H and O–H groups in total. The van der Waals surface area contributed by atoms with Crippen LogP contribution in [0.2, 0.25) is 0 Å². The Bertz CT molecular complexity index is 527. The lowest BCUT2D eigenvalue weighted by Gasteiger charge is -2.09. The SMILES string of the molecule is Cc1cc(NC(=O)[C@@H](C)Sc2ccccn2)no1. The highest BCUT2D eigenvalue weighted by molar-refractivity contribution is 8.00. The highest BCUT2D eigenvalue weighted by Crippen LogP contribution is 2.21. The third kappa shape index (κ3) is 3.33. The van der Waals surface area contributed by atoms with E-state index in [0.29, 0.717) is 11.6 Å². The van der Waals surface area contributed by atoms with Crippen molar-refractivity contribution in [1.29, 1.82) is 0 Å². The molecule has 1 amide bonds. The van der Waals surface area contributed by atoms with Crippen LogP contribution in [-0.2, 0) is 4.79 Å². The topological polar surface area (TPSA) is 68.0 Å². The quantitative estimate of drug-likeness (QED) is 0.858. The van der Waals surface area contributed by atoms with Crippen LogP contribution in [0.3, 0.4) is 0 Å². The first-order valence-electron chi connectivity index (χ1n) is 5.47. The van der Waals surface area contributed by atoms with Crippen LogP contribution in [0.15, 0.2) is 40.0 Å². The number of nitrogens with one attached hydrogen (secondary N) is 1. The summed E-state index contributed by atoms with van der Waals surface area (Å²) >= 11 is 1.40. The Balaban J connectivity index is 1.93.